The van der Waals surface area contributed by atoms with Gasteiger partial charge in [0, 0.05) is 34.3 Å². The summed E-state index contributed by atoms with van der Waals surface area (Å²) >= 11 is 5.98. The molecule has 2 atom stereocenters. The number of nitrogens with zero attached hydrogens (tertiary/aromatic N) is 1. The second-order valence-electron chi connectivity index (χ2n) is 7.77. The van der Waals surface area contributed by atoms with E-state index < -0.39 is 47.0 Å². The molecule has 7 nitrogen and oxygen atoms in total. The number of rotatable bonds is 6. The zero-order valence-electron chi connectivity index (χ0n) is 17.9. The van der Waals surface area contributed by atoms with Crippen LogP contribution in [0.4, 0.5) is 8.78 Å². The number of aromatic hydroxyl groups is 1. The molecule has 0 radical (unpaired) electrons. The highest BCUT2D eigenvalue weighted by Crippen LogP contribution is 2.38. The second-order valence-corrected chi connectivity index (χ2v) is 8.21. The van der Waals surface area contributed by atoms with Crippen molar-refractivity contribution in [2.45, 2.75) is 26.7 Å². The number of carboxylic acid groups (broad SMARTS) is 1. The molecule has 1 heterocycles. The van der Waals surface area contributed by atoms with E-state index in [0.29, 0.717) is 0 Å². The molecule has 174 valence electrons. The highest BCUT2D eigenvalue weighted by Gasteiger charge is 2.31. The maximum atomic E-state index is 15.0. The zero-order chi connectivity index (χ0) is 24.6. The smallest absolute Gasteiger partial charge is 0.308 e. The van der Waals surface area contributed by atoms with E-state index >= 15 is 4.39 Å². The highest BCUT2D eigenvalue weighted by atomic mass is 35.5. The standard InChI is InChI=1S/C23H21ClF2N2O5/c1-10(23(32)33)9-27-21(30)11(2)17-12(3)28(22(31)13-5-4-6-14(24)7-13)16-8-15(25)20(29)19(26)18(16)17/h4-8,10-11,29H,9H2,1-3H3,(H,27,30)(H,32,33)/t10?,11-/m0/s1. The Kier molecular flexibility index (Phi) is 6.73. The van der Waals surface area contributed by atoms with Crippen LogP contribution < -0.4 is 5.32 Å². The Labute approximate surface area is 192 Å². The molecule has 0 saturated carbocycles. The largest absolute Gasteiger partial charge is 0.503 e. The van der Waals surface area contributed by atoms with Crippen molar-refractivity contribution in [2.75, 3.05) is 6.54 Å². The first kappa shape index (κ1) is 24.2. The summed E-state index contributed by atoms with van der Waals surface area (Å²) in [4.78, 5) is 37.0. The second kappa shape index (κ2) is 9.19. The third-order valence-corrected chi connectivity index (χ3v) is 5.75. The normalized spacial score (nSPS) is 13.0. The molecule has 2 aromatic carbocycles. The fourth-order valence-corrected chi connectivity index (χ4v) is 3.87. The van der Waals surface area contributed by atoms with E-state index in [1.54, 1.807) is 12.1 Å². The third-order valence-electron chi connectivity index (χ3n) is 5.51. The molecule has 33 heavy (non-hydrogen) atoms. The van der Waals surface area contributed by atoms with Crippen LogP contribution in [0.2, 0.25) is 5.02 Å². The summed E-state index contributed by atoms with van der Waals surface area (Å²) in [6.07, 6.45) is 0. The number of amides is 1. The molecule has 1 unspecified atom stereocenters. The van der Waals surface area contributed by atoms with Crippen LogP contribution in [0, 0.1) is 24.5 Å². The SMILES string of the molecule is Cc1c([C@H](C)C(=O)NCC(C)C(=O)O)c2c(F)c(O)c(F)cc2n1C(=O)c1cccc(Cl)c1. The van der Waals surface area contributed by atoms with Gasteiger partial charge in [0.15, 0.2) is 17.4 Å². The Balaban J connectivity index is 2.18. The molecule has 0 aliphatic heterocycles. The summed E-state index contributed by atoms with van der Waals surface area (Å²) in [5.41, 5.74) is 0.204. The average Bonchev–Trinajstić information content (AvgIpc) is 3.06. The van der Waals surface area contributed by atoms with E-state index in [-0.39, 0.29) is 39.3 Å². The van der Waals surface area contributed by atoms with Gasteiger partial charge in [-0.3, -0.25) is 19.0 Å². The van der Waals surface area contributed by atoms with Crippen molar-refractivity contribution in [3.05, 3.63) is 63.8 Å². The lowest BCUT2D eigenvalue weighted by molar-refractivity contribution is -0.141. The lowest BCUT2D eigenvalue weighted by atomic mass is 9.96. The summed E-state index contributed by atoms with van der Waals surface area (Å²) in [6, 6.07) is 6.81. The van der Waals surface area contributed by atoms with Crippen molar-refractivity contribution < 1.29 is 33.4 Å². The maximum absolute atomic E-state index is 15.0. The number of carbonyl (C=O) groups is 3. The number of nitrogens with one attached hydrogen (secondary N) is 1. The third kappa shape index (κ3) is 4.41. The number of halogens is 3. The van der Waals surface area contributed by atoms with Gasteiger partial charge in [-0.25, -0.2) is 8.78 Å². The van der Waals surface area contributed by atoms with Gasteiger partial charge in [-0.1, -0.05) is 24.6 Å². The van der Waals surface area contributed by atoms with Crippen LogP contribution in [0.3, 0.4) is 0 Å². The van der Waals surface area contributed by atoms with E-state index in [2.05, 4.69) is 5.32 Å². The molecule has 0 aliphatic rings. The van der Waals surface area contributed by atoms with E-state index in [4.69, 9.17) is 16.7 Å². The number of aliphatic carboxylic acids is 1. The first-order valence-corrected chi connectivity index (χ1v) is 10.4. The topological polar surface area (TPSA) is 109 Å². The quantitative estimate of drug-likeness (QED) is 0.491. The van der Waals surface area contributed by atoms with E-state index in [9.17, 15) is 23.9 Å². The molecular weight excluding hydrogens is 458 g/mol. The average molecular weight is 479 g/mol. The molecular formula is C23H21ClF2N2O5. The lowest BCUT2D eigenvalue weighted by Crippen LogP contribution is -2.34. The summed E-state index contributed by atoms with van der Waals surface area (Å²) in [7, 11) is 0. The molecule has 0 spiro atoms. The van der Waals surface area contributed by atoms with Crippen LogP contribution in [0.25, 0.3) is 10.9 Å². The van der Waals surface area contributed by atoms with E-state index in [0.717, 1.165) is 10.6 Å². The fourth-order valence-electron chi connectivity index (χ4n) is 3.68. The summed E-state index contributed by atoms with van der Waals surface area (Å²) in [5, 5.41) is 21.3. The fraction of sp³-hybridized carbons (Fsp3) is 0.261. The first-order chi connectivity index (χ1) is 15.5. The molecule has 3 rings (SSSR count). The molecule has 0 fully saturated rings. The van der Waals surface area contributed by atoms with Crippen LogP contribution in [-0.2, 0) is 9.59 Å². The molecule has 10 heteroatoms. The van der Waals surface area contributed by atoms with Crippen molar-refractivity contribution in [3.63, 3.8) is 0 Å². The first-order valence-electron chi connectivity index (χ1n) is 9.98. The van der Waals surface area contributed by atoms with Gasteiger partial charge >= 0.3 is 5.97 Å². The molecule has 3 aromatic rings. The minimum absolute atomic E-state index is 0.0636. The van der Waals surface area contributed by atoms with Crippen molar-refractivity contribution >= 4 is 40.3 Å². The number of carbonyl (C=O) groups excluding carboxylic acids is 2. The van der Waals surface area contributed by atoms with Crippen LogP contribution >= 0.6 is 11.6 Å². The van der Waals surface area contributed by atoms with Crippen LogP contribution in [0.1, 0.15) is 41.4 Å². The maximum Gasteiger partial charge on any atom is 0.308 e. The van der Waals surface area contributed by atoms with Gasteiger partial charge in [0.25, 0.3) is 5.91 Å². The molecule has 1 amide bonds. The van der Waals surface area contributed by atoms with Gasteiger partial charge < -0.3 is 15.5 Å². The molecule has 0 bridgehead atoms. The Morgan fingerprint density at radius 2 is 1.85 bits per heavy atom. The number of hydrogen-bond acceptors (Lipinski definition) is 4. The number of aromatic nitrogens is 1. The minimum atomic E-state index is -1.31. The van der Waals surface area contributed by atoms with Crippen LogP contribution in [-0.4, -0.2) is 39.1 Å². The van der Waals surface area contributed by atoms with Crippen molar-refractivity contribution in [3.8, 4) is 5.75 Å². The number of benzene rings is 2. The minimum Gasteiger partial charge on any atom is -0.503 e. The number of fused-ring (bicyclic) bond motifs is 1. The number of phenols is 1. The molecule has 1 aromatic heterocycles. The summed E-state index contributed by atoms with van der Waals surface area (Å²) in [6.45, 7) is 4.15. The zero-order valence-corrected chi connectivity index (χ0v) is 18.7. The molecule has 0 aliphatic carbocycles. The number of hydrogen-bond donors (Lipinski definition) is 3. The lowest BCUT2D eigenvalue weighted by Gasteiger charge is -2.15. The van der Waals surface area contributed by atoms with Crippen LogP contribution in [0.15, 0.2) is 30.3 Å². The van der Waals surface area contributed by atoms with Crippen molar-refractivity contribution in [2.24, 2.45) is 5.92 Å². The van der Waals surface area contributed by atoms with Crippen molar-refractivity contribution in [1.29, 1.82) is 0 Å². The number of carboxylic acids is 1. The Hall–Kier alpha value is -3.46. The molecule has 3 N–H and O–H groups in total. The van der Waals surface area contributed by atoms with Crippen LogP contribution in [0.5, 0.6) is 5.75 Å². The Morgan fingerprint density at radius 3 is 2.45 bits per heavy atom. The van der Waals surface area contributed by atoms with Gasteiger partial charge in [0.05, 0.1) is 17.4 Å². The van der Waals surface area contributed by atoms with Crippen molar-refractivity contribution in [1.82, 2.24) is 9.88 Å². The Morgan fingerprint density at radius 1 is 1.18 bits per heavy atom. The summed E-state index contributed by atoms with van der Waals surface area (Å²) < 4.78 is 30.3. The van der Waals surface area contributed by atoms with Gasteiger partial charge in [0.2, 0.25) is 5.91 Å². The van der Waals surface area contributed by atoms with Gasteiger partial charge in [0.1, 0.15) is 0 Å². The molecule has 0 saturated heterocycles. The van der Waals surface area contributed by atoms with Gasteiger partial charge in [-0.2, -0.15) is 0 Å². The predicted molar refractivity (Wildman–Crippen MR) is 118 cm³/mol. The van der Waals surface area contributed by atoms with Gasteiger partial charge in [-0.05, 0) is 37.6 Å². The monoisotopic (exact) mass is 478 g/mol. The van der Waals surface area contributed by atoms with Gasteiger partial charge in [-0.15, -0.1) is 0 Å². The summed E-state index contributed by atoms with van der Waals surface area (Å²) in [5.74, 6) is -8.08. The van der Waals surface area contributed by atoms with E-state index in [1.165, 1.54) is 32.9 Å². The highest BCUT2D eigenvalue weighted by molar-refractivity contribution is 6.31. The Bertz CT molecular complexity index is 1290. The predicted octanol–water partition coefficient (Wildman–Crippen LogP) is 4.22. The number of phenolic OH excluding ortho intramolecular Hbond substituents is 1. The van der Waals surface area contributed by atoms with E-state index in [1.807, 2.05) is 0 Å².